The van der Waals surface area contributed by atoms with Crippen molar-refractivity contribution < 1.29 is 82.7 Å². The SMILES string of the molecule is O=C(NCCOCCOCCOc1cc(CN(Cc2ccccn2)Cc2ccccn2)cc(CN(Cc2ccccn2)Cc2ccccn2)c1)c1ccc([18F])cc1.O=[N+]([O-])[O-].O=[N+]([O-])[O-].O=[N+]([O-])[O-].O=[N+]([O-])[O-].[Zn+2].[Zn+2]. The Kier molecular flexibility index (Phi) is 36.3. The molecule has 1 N–H and O–H groups in total. The van der Waals surface area contributed by atoms with Crippen molar-refractivity contribution in [3.05, 3.63) is 247 Å². The molecule has 0 unspecified atom stereocenters. The van der Waals surface area contributed by atoms with Gasteiger partial charge in [-0.05, 0) is 96.1 Å². The number of carbonyl (C=O) groups excluding carboxylic acids is 1. The summed E-state index contributed by atoms with van der Waals surface area (Å²) < 4.78 is 30.9. The fourth-order valence-electron chi connectivity index (χ4n) is 6.21. The summed E-state index contributed by atoms with van der Waals surface area (Å²) in [4.78, 5) is 68.3. The van der Waals surface area contributed by atoms with Gasteiger partial charge < -0.3 is 80.8 Å². The number of ether oxygens (including phenoxy) is 3. The first-order valence-corrected chi connectivity index (χ1v) is 21.2. The van der Waals surface area contributed by atoms with Gasteiger partial charge in [0.05, 0.1) is 69.5 Å². The van der Waals surface area contributed by atoms with Gasteiger partial charge in [-0.15, -0.1) is 0 Å². The van der Waals surface area contributed by atoms with Crippen LogP contribution in [0.2, 0.25) is 0 Å². The smallest absolute Gasteiger partial charge is 0.491 e. The van der Waals surface area contributed by atoms with Crippen LogP contribution < -0.4 is 10.1 Å². The Balaban J connectivity index is 0.00000267. The summed E-state index contributed by atoms with van der Waals surface area (Å²) in [5.41, 5.74) is 6.52. The fraction of sp³-hybridized carbons (Fsp3) is 0.267. The van der Waals surface area contributed by atoms with Crippen molar-refractivity contribution in [1.82, 2.24) is 35.1 Å². The van der Waals surface area contributed by atoms with E-state index in [2.05, 4.69) is 53.3 Å². The van der Waals surface area contributed by atoms with Crippen LogP contribution in [0.1, 0.15) is 44.3 Å². The first-order valence-electron chi connectivity index (χ1n) is 21.2. The standard InChI is InChI=1S/C45H48FN7O4.4NO3.2Zn/c46-39-15-13-38(14-16-39)45(54)51-21-22-55-23-24-56-25-26-57-44-28-36(30-52(32-40-9-1-5-17-47-40)33-41-10-2-6-18-48-41)27-37(29-44)31-53(34-42-11-3-7-19-49-42)35-43-12-4-8-20-50-43;4*2-1(3)4;;/h1-20,27-29H,21-26,30-35H2,(H,51,54);;;;;;/q;4*-1;2*+2/i46-1;;;;;;. The van der Waals surface area contributed by atoms with Gasteiger partial charge in [-0.2, -0.15) is 0 Å². The number of amides is 1. The first-order chi connectivity index (χ1) is 35.0. The number of nitrogens with one attached hydrogen (secondary N) is 1. The number of hydrogen-bond acceptors (Lipinski definition) is 22. The normalized spacial score (nSPS) is 9.80. The molecule has 0 fully saturated rings. The monoisotopic (exact) mass is 1140 g/mol. The molecule has 0 spiro atoms. The van der Waals surface area contributed by atoms with Crippen LogP contribution in [0.5, 0.6) is 5.75 Å². The van der Waals surface area contributed by atoms with Gasteiger partial charge in [0, 0.05) is 76.2 Å². The molecule has 1 amide bonds. The molecule has 6 rings (SSSR count). The molecule has 2 aromatic carbocycles. The van der Waals surface area contributed by atoms with Crippen LogP contribution in [0, 0.1) is 67.1 Å². The van der Waals surface area contributed by atoms with Crippen molar-refractivity contribution in [2.24, 2.45) is 0 Å². The maximum Gasteiger partial charge on any atom is 2.00 e. The first kappa shape index (κ1) is 67.1. The van der Waals surface area contributed by atoms with E-state index in [1.54, 1.807) is 0 Å². The zero-order valence-electron chi connectivity index (χ0n) is 40.1. The number of pyridine rings is 4. The summed E-state index contributed by atoms with van der Waals surface area (Å²) >= 11 is 0. The van der Waals surface area contributed by atoms with Gasteiger partial charge in [0.15, 0.2) is 0 Å². The van der Waals surface area contributed by atoms with Crippen molar-refractivity contribution in [3.8, 4) is 5.75 Å². The van der Waals surface area contributed by atoms with E-state index >= 15 is 0 Å². The van der Waals surface area contributed by atoms with Crippen LogP contribution >= 0.6 is 0 Å². The number of carbonyl (C=O) groups is 1. The maximum atomic E-state index is 13.1. The second-order valence-corrected chi connectivity index (χ2v) is 14.3. The quantitative estimate of drug-likeness (QED) is 0.0348. The van der Waals surface area contributed by atoms with E-state index in [-0.39, 0.29) is 50.7 Å². The van der Waals surface area contributed by atoms with E-state index in [0.717, 1.165) is 39.7 Å². The summed E-state index contributed by atoms with van der Waals surface area (Å²) in [6.45, 7) is 6.06. The molecular formula is C45H48FN11O16Zn2. The van der Waals surface area contributed by atoms with E-state index in [9.17, 15) is 9.18 Å². The second-order valence-electron chi connectivity index (χ2n) is 14.3. The number of benzene rings is 2. The van der Waals surface area contributed by atoms with Crippen LogP contribution in [0.15, 0.2) is 140 Å². The van der Waals surface area contributed by atoms with Crippen LogP contribution in [0.3, 0.4) is 0 Å². The van der Waals surface area contributed by atoms with Gasteiger partial charge >= 0.3 is 39.0 Å². The third-order valence-corrected chi connectivity index (χ3v) is 8.79. The summed E-state index contributed by atoms with van der Waals surface area (Å²) in [6, 6.07) is 35.8. The molecule has 75 heavy (non-hydrogen) atoms. The topological polar surface area (TPSA) is 380 Å². The minimum Gasteiger partial charge on any atom is -0.491 e. The van der Waals surface area contributed by atoms with Crippen molar-refractivity contribution in [2.75, 3.05) is 39.6 Å². The Morgan fingerprint density at radius 2 is 0.813 bits per heavy atom. The van der Waals surface area contributed by atoms with Crippen molar-refractivity contribution in [2.45, 2.75) is 39.3 Å². The van der Waals surface area contributed by atoms with Crippen molar-refractivity contribution >= 4 is 5.91 Å². The average Bonchev–Trinajstić information content (AvgIpc) is 3.33. The summed E-state index contributed by atoms with van der Waals surface area (Å²) in [5.74, 6) is 0.0964. The molecule has 0 bridgehead atoms. The molecule has 0 aliphatic heterocycles. The number of aromatic nitrogens is 4. The zero-order chi connectivity index (χ0) is 53.6. The Bertz CT molecular complexity index is 2260. The van der Waals surface area contributed by atoms with Crippen LogP contribution in [-0.4, -0.2) is 95.6 Å². The van der Waals surface area contributed by atoms with Gasteiger partial charge in [-0.3, -0.25) is 34.5 Å². The molecular weight excluding hydrogens is 1100 g/mol. The van der Waals surface area contributed by atoms with Crippen LogP contribution in [-0.2, 0) is 87.7 Å². The third kappa shape index (κ3) is 35.8. The van der Waals surface area contributed by atoms with Crippen molar-refractivity contribution in [3.63, 3.8) is 0 Å². The molecule has 0 aliphatic rings. The molecule has 27 nitrogen and oxygen atoms in total. The average molecular weight is 1150 g/mol. The number of rotatable bonds is 23. The maximum absolute atomic E-state index is 13.1. The van der Waals surface area contributed by atoms with Crippen LogP contribution in [0.25, 0.3) is 0 Å². The minimum absolute atomic E-state index is 0. The molecule has 0 saturated carbocycles. The molecule has 0 atom stereocenters. The van der Waals surface area contributed by atoms with E-state index in [0.29, 0.717) is 84.4 Å². The minimum atomic E-state index is -1.75. The molecule has 30 heteroatoms. The van der Waals surface area contributed by atoms with Crippen molar-refractivity contribution in [1.29, 1.82) is 0 Å². The van der Waals surface area contributed by atoms with Gasteiger partial charge in [0.25, 0.3) is 5.91 Å². The summed E-state index contributed by atoms with van der Waals surface area (Å²) in [5, 5.41) is 61.8. The largest absolute Gasteiger partial charge is 2.00 e. The molecule has 0 saturated heterocycles. The molecule has 4 heterocycles. The molecule has 6 aromatic rings. The predicted octanol–water partition coefficient (Wildman–Crippen LogP) is 5.69. The predicted molar refractivity (Wildman–Crippen MR) is 257 cm³/mol. The molecule has 0 radical (unpaired) electrons. The van der Waals surface area contributed by atoms with Gasteiger partial charge in [0.1, 0.15) is 18.2 Å². The summed E-state index contributed by atoms with van der Waals surface area (Å²) in [7, 11) is 0. The third-order valence-electron chi connectivity index (χ3n) is 8.79. The Labute approximate surface area is 452 Å². The van der Waals surface area contributed by atoms with E-state index in [1.165, 1.54) is 24.3 Å². The van der Waals surface area contributed by atoms with Gasteiger partial charge in [-0.25, -0.2) is 4.39 Å². The molecule has 4 aromatic heterocycles. The van der Waals surface area contributed by atoms with Gasteiger partial charge in [0.2, 0.25) is 0 Å². The second kappa shape index (κ2) is 40.6. The van der Waals surface area contributed by atoms with E-state index < -0.39 is 20.3 Å². The Hall–Kier alpha value is -7.87. The molecule has 0 aliphatic carbocycles. The van der Waals surface area contributed by atoms with E-state index in [4.69, 9.17) is 75.5 Å². The number of hydrogen-bond donors (Lipinski definition) is 1. The van der Waals surface area contributed by atoms with E-state index in [1.807, 2.05) is 97.6 Å². The fourth-order valence-corrected chi connectivity index (χ4v) is 6.21. The van der Waals surface area contributed by atoms with Crippen LogP contribution in [0.4, 0.5) is 4.39 Å². The Morgan fingerprint density at radius 1 is 0.480 bits per heavy atom. The zero-order valence-corrected chi connectivity index (χ0v) is 46.0. The molecule has 390 valence electrons. The summed E-state index contributed by atoms with van der Waals surface area (Å²) in [6.07, 6.45) is 7.29. The Morgan fingerprint density at radius 3 is 1.15 bits per heavy atom. The number of nitrogens with zero attached hydrogens (tertiary/aromatic N) is 10. The number of halogens is 1. The van der Waals surface area contributed by atoms with Gasteiger partial charge in [-0.1, -0.05) is 30.3 Å².